The lowest BCUT2D eigenvalue weighted by atomic mass is 10.2. The maximum atomic E-state index is 5.49. The van der Waals surface area contributed by atoms with Gasteiger partial charge in [0.25, 0.3) is 0 Å². The Kier molecular flexibility index (Phi) is 4.03. The average molecular weight is 204 g/mol. The van der Waals surface area contributed by atoms with E-state index in [2.05, 4.69) is 0 Å². The molecule has 2 unspecified atom stereocenters. The van der Waals surface area contributed by atoms with Crippen LogP contribution in [0.15, 0.2) is 12.2 Å². The van der Waals surface area contributed by atoms with Gasteiger partial charge >= 0.3 is 0 Å². The van der Waals surface area contributed by atoms with Gasteiger partial charge in [-0.1, -0.05) is 0 Å². The second kappa shape index (κ2) is 4.86. The van der Waals surface area contributed by atoms with Crippen LogP contribution in [0.25, 0.3) is 0 Å². The van der Waals surface area contributed by atoms with Crippen LogP contribution in [0, 0.1) is 0 Å². The van der Waals surface area contributed by atoms with Crippen molar-refractivity contribution in [3.8, 4) is 0 Å². The van der Waals surface area contributed by atoms with Gasteiger partial charge in [-0.3, -0.25) is 0 Å². The lowest BCUT2D eigenvalue weighted by Gasteiger charge is -2.32. The molecule has 0 aromatic carbocycles. The van der Waals surface area contributed by atoms with Gasteiger partial charge in [0.05, 0.1) is 0 Å². The standard InChI is InChI=1S/C9H16O5/c1-10-7-5-6-9(13-4,14-7)8(11-2)12-3/h5-8H,1-4H3. The Labute approximate surface area is 83.5 Å². The van der Waals surface area contributed by atoms with E-state index in [0.29, 0.717) is 0 Å². The largest absolute Gasteiger partial charge is 0.352 e. The zero-order chi connectivity index (χ0) is 10.6. The minimum atomic E-state index is -1.02. The van der Waals surface area contributed by atoms with Gasteiger partial charge in [-0.25, -0.2) is 0 Å². The fourth-order valence-electron chi connectivity index (χ4n) is 1.37. The van der Waals surface area contributed by atoms with E-state index in [1.165, 1.54) is 21.3 Å². The molecule has 1 heterocycles. The van der Waals surface area contributed by atoms with Crippen molar-refractivity contribution in [2.75, 3.05) is 28.4 Å². The van der Waals surface area contributed by atoms with Gasteiger partial charge < -0.3 is 23.7 Å². The minimum absolute atomic E-state index is 0.428. The fourth-order valence-corrected chi connectivity index (χ4v) is 1.37. The third kappa shape index (κ3) is 1.97. The Morgan fingerprint density at radius 3 is 2.21 bits per heavy atom. The van der Waals surface area contributed by atoms with Crippen LogP contribution in [0.5, 0.6) is 0 Å². The summed E-state index contributed by atoms with van der Waals surface area (Å²) in [5.74, 6) is -1.02. The first-order valence-corrected chi connectivity index (χ1v) is 4.23. The van der Waals surface area contributed by atoms with Crippen LogP contribution in [-0.2, 0) is 23.7 Å². The molecule has 82 valence electrons. The second-order valence-corrected chi connectivity index (χ2v) is 2.81. The molecule has 0 fully saturated rings. The van der Waals surface area contributed by atoms with Crippen LogP contribution in [0.2, 0.25) is 0 Å². The predicted molar refractivity (Wildman–Crippen MR) is 48.6 cm³/mol. The average Bonchev–Trinajstić information content (AvgIpc) is 2.65. The lowest BCUT2D eigenvalue weighted by molar-refractivity contribution is -0.332. The topological polar surface area (TPSA) is 46.2 Å². The minimum Gasteiger partial charge on any atom is -0.352 e. The van der Waals surface area contributed by atoms with E-state index in [0.717, 1.165) is 0 Å². The highest BCUT2D eigenvalue weighted by molar-refractivity contribution is 5.06. The van der Waals surface area contributed by atoms with Gasteiger partial charge in [-0.05, 0) is 12.2 Å². The van der Waals surface area contributed by atoms with Crippen molar-refractivity contribution >= 4 is 0 Å². The first-order valence-electron chi connectivity index (χ1n) is 4.23. The Morgan fingerprint density at radius 2 is 1.86 bits per heavy atom. The zero-order valence-corrected chi connectivity index (χ0v) is 8.85. The van der Waals surface area contributed by atoms with Gasteiger partial charge in [-0.2, -0.15) is 0 Å². The molecule has 0 radical (unpaired) electrons. The van der Waals surface area contributed by atoms with Gasteiger partial charge in [0.1, 0.15) is 0 Å². The van der Waals surface area contributed by atoms with E-state index in [1.54, 1.807) is 19.3 Å². The number of methoxy groups -OCH3 is 4. The highest BCUT2D eigenvalue weighted by atomic mass is 16.8. The molecule has 0 amide bonds. The van der Waals surface area contributed by atoms with Gasteiger partial charge in [-0.15, -0.1) is 0 Å². The van der Waals surface area contributed by atoms with Crippen molar-refractivity contribution in [2.45, 2.75) is 18.4 Å². The summed E-state index contributed by atoms with van der Waals surface area (Å²) >= 11 is 0. The monoisotopic (exact) mass is 204 g/mol. The molecule has 0 N–H and O–H groups in total. The van der Waals surface area contributed by atoms with E-state index in [9.17, 15) is 0 Å². The molecule has 5 nitrogen and oxygen atoms in total. The molecule has 14 heavy (non-hydrogen) atoms. The highest BCUT2D eigenvalue weighted by Crippen LogP contribution is 2.29. The van der Waals surface area contributed by atoms with Gasteiger partial charge in [0.15, 0.2) is 6.29 Å². The first kappa shape index (κ1) is 11.6. The summed E-state index contributed by atoms with van der Waals surface area (Å²) in [5, 5.41) is 0. The molecule has 5 heteroatoms. The van der Waals surface area contributed by atoms with E-state index >= 15 is 0 Å². The maximum Gasteiger partial charge on any atom is 0.243 e. The van der Waals surface area contributed by atoms with Crippen molar-refractivity contribution in [1.29, 1.82) is 0 Å². The van der Waals surface area contributed by atoms with E-state index < -0.39 is 18.4 Å². The Morgan fingerprint density at radius 1 is 1.21 bits per heavy atom. The molecule has 1 rings (SSSR count). The number of hydrogen-bond acceptors (Lipinski definition) is 5. The maximum absolute atomic E-state index is 5.49. The Hall–Kier alpha value is -0.460. The molecule has 0 aliphatic carbocycles. The lowest BCUT2D eigenvalue weighted by Crippen LogP contribution is -2.46. The number of hydrogen-bond donors (Lipinski definition) is 0. The molecular formula is C9H16O5. The summed E-state index contributed by atoms with van der Waals surface area (Å²) < 4.78 is 25.9. The fraction of sp³-hybridized carbons (Fsp3) is 0.778. The van der Waals surface area contributed by atoms with Crippen LogP contribution < -0.4 is 0 Å². The quantitative estimate of drug-likeness (QED) is 0.482. The third-order valence-corrected chi connectivity index (χ3v) is 2.09. The number of rotatable bonds is 5. The highest BCUT2D eigenvalue weighted by Gasteiger charge is 2.44. The number of ether oxygens (including phenoxy) is 5. The van der Waals surface area contributed by atoms with Gasteiger partial charge in [0, 0.05) is 28.4 Å². The molecular weight excluding hydrogens is 188 g/mol. The van der Waals surface area contributed by atoms with Crippen molar-refractivity contribution in [3.05, 3.63) is 12.2 Å². The molecule has 0 aromatic rings. The van der Waals surface area contributed by atoms with E-state index in [1.807, 2.05) is 0 Å². The predicted octanol–water partition coefficient (Wildman–Crippen LogP) is 0.507. The third-order valence-electron chi connectivity index (χ3n) is 2.09. The van der Waals surface area contributed by atoms with Crippen molar-refractivity contribution in [2.24, 2.45) is 0 Å². The summed E-state index contributed by atoms with van der Waals surface area (Å²) in [5.41, 5.74) is 0. The zero-order valence-electron chi connectivity index (χ0n) is 8.85. The smallest absolute Gasteiger partial charge is 0.243 e. The SMILES string of the molecule is COC1C=CC(OC)(C(OC)OC)O1. The normalized spacial score (nSPS) is 31.6. The summed E-state index contributed by atoms with van der Waals surface area (Å²) in [6.07, 6.45) is 2.42. The molecule has 1 aliphatic rings. The van der Waals surface area contributed by atoms with Crippen LogP contribution in [0.1, 0.15) is 0 Å². The van der Waals surface area contributed by atoms with Crippen LogP contribution in [0.4, 0.5) is 0 Å². The molecule has 0 saturated carbocycles. The van der Waals surface area contributed by atoms with Crippen molar-refractivity contribution < 1.29 is 23.7 Å². The summed E-state index contributed by atoms with van der Waals surface area (Å²) in [6.45, 7) is 0. The van der Waals surface area contributed by atoms with Crippen LogP contribution >= 0.6 is 0 Å². The molecule has 0 spiro atoms. The molecule has 0 saturated heterocycles. The molecule has 0 aromatic heterocycles. The first-order chi connectivity index (χ1) is 6.72. The van der Waals surface area contributed by atoms with E-state index in [-0.39, 0.29) is 0 Å². The summed E-state index contributed by atoms with van der Waals surface area (Å²) in [6, 6.07) is 0. The van der Waals surface area contributed by atoms with Crippen molar-refractivity contribution in [1.82, 2.24) is 0 Å². The molecule has 1 aliphatic heterocycles. The summed E-state index contributed by atoms with van der Waals surface area (Å²) in [4.78, 5) is 0. The summed E-state index contributed by atoms with van der Waals surface area (Å²) in [7, 11) is 6.11. The van der Waals surface area contributed by atoms with Gasteiger partial charge in [0.2, 0.25) is 12.1 Å². The Balaban J connectivity index is 2.74. The van der Waals surface area contributed by atoms with Crippen molar-refractivity contribution in [3.63, 3.8) is 0 Å². The van der Waals surface area contributed by atoms with Crippen LogP contribution in [0.3, 0.4) is 0 Å². The molecule has 0 bridgehead atoms. The van der Waals surface area contributed by atoms with Crippen LogP contribution in [-0.4, -0.2) is 46.8 Å². The second-order valence-electron chi connectivity index (χ2n) is 2.81. The molecule has 2 atom stereocenters. The van der Waals surface area contributed by atoms with E-state index in [4.69, 9.17) is 23.7 Å². The Bertz CT molecular complexity index is 201.